The van der Waals surface area contributed by atoms with Gasteiger partial charge in [-0.15, -0.1) is 0 Å². The predicted molar refractivity (Wildman–Crippen MR) is 73.9 cm³/mol. The number of halogens is 1. The van der Waals surface area contributed by atoms with E-state index in [0.29, 0.717) is 11.4 Å². The molecule has 1 saturated heterocycles. The van der Waals surface area contributed by atoms with Gasteiger partial charge in [0, 0.05) is 31.2 Å². The van der Waals surface area contributed by atoms with Gasteiger partial charge < -0.3 is 9.80 Å². The molecule has 1 aliphatic rings. The minimum atomic E-state index is 0.216. The molecule has 98 valence electrons. The Labute approximate surface area is 113 Å². The van der Waals surface area contributed by atoms with Crippen LogP contribution in [-0.2, 0) is 11.2 Å². The van der Waals surface area contributed by atoms with E-state index in [9.17, 15) is 4.79 Å². The van der Waals surface area contributed by atoms with Crippen LogP contribution in [0.2, 0.25) is 5.02 Å². The van der Waals surface area contributed by atoms with Crippen LogP contribution in [0.4, 0.5) is 0 Å². The fraction of sp³-hybridized carbons (Fsp3) is 0.500. The van der Waals surface area contributed by atoms with E-state index in [1.54, 1.807) is 0 Å². The molecule has 0 atom stereocenters. The molecule has 0 bridgehead atoms. The molecule has 2 rings (SSSR count). The van der Waals surface area contributed by atoms with E-state index < -0.39 is 0 Å². The van der Waals surface area contributed by atoms with Crippen molar-refractivity contribution >= 4 is 17.5 Å². The van der Waals surface area contributed by atoms with Gasteiger partial charge in [-0.1, -0.05) is 30.7 Å². The third-order valence-corrected chi connectivity index (χ3v) is 3.69. The van der Waals surface area contributed by atoms with Crippen molar-refractivity contribution in [1.29, 1.82) is 0 Å². The molecule has 1 aliphatic heterocycles. The summed E-state index contributed by atoms with van der Waals surface area (Å²) in [6.45, 7) is 6.90. The van der Waals surface area contributed by atoms with Crippen LogP contribution in [0.3, 0.4) is 0 Å². The summed E-state index contributed by atoms with van der Waals surface area (Å²) in [7, 11) is 0. The first kappa shape index (κ1) is 13.4. The summed E-state index contributed by atoms with van der Waals surface area (Å²) in [6, 6.07) is 7.50. The van der Waals surface area contributed by atoms with Crippen molar-refractivity contribution in [1.82, 2.24) is 9.80 Å². The zero-order chi connectivity index (χ0) is 13.0. The Morgan fingerprint density at radius 2 is 1.78 bits per heavy atom. The number of likely N-dealkylation sites (N-methyl/N-ethyl adjacent to an activating group) is 1. The standard InChI is InChI=1S/C14H19ClN2O/c1-2-16-7-9-17(10-8-16)14(18)11-12-3-5-13(15)6-4-12/h3-6H,2,7-11H2,1H3. The van der Waals surface area contributed by atoms with Crippen LogP contribution >= 0.6 is 11.6 Å². The maximum atomic E-state index is 12.1. The molecular weight excluding hydrogens is 248 g/mol. The van der Waals surface area contributed by atoms with Crippen molar-refractivity contribution in [2.24, 2.45) is 0 Å². The average molecular weight is 267 g/mol. The number of piperazine rings is 1. The first-order valence-electron chi connectivity index (χ1n) is 6.43. The van der Waals surface area contributed by atoms with Crippen LogP contribution in [0.25, 0.3) is 0 Å². The van der Waals surface area contributed by atoms with Crippen molar-refractivity contribution in [3.63, 3.8) is 0 Å². The topological polar surface area (TPSA) is 23.6 Å². The van der Waals surface area contributed by atoms with E-state index >= 15 is 0 Å². The fourth-order valence-electron chi connectivity index (χ4n) is 2.20. The van der Waals surface area contributed by atoms with Gasteiger partial charge in [-0.2, -0.15) is 0 Å². The molecule has 0 N–H and O–H groups in total. The van der Waals surface area contributed by atoms with Crippen LogP contribution in [0.5, 0.6) is 0 Å². The Hall–Kier alpha value is -1.06. The minimum absolute atomic E-state index is 0.216. The van der Waals surface area contributed by atoms with Crippen LogP contribution < -0.4 is 0 Å². The fourth-order valence-corrected chi connectivity index (χ4v) is 2.33. The summed E-state index contributed by atoms with van der Waals surface area (Å²) >= 11 is 5.83. The number of benzene rings is 1. The zero-order valence-corrected chi connectivity index (χ0v) is 11.5. The van der Waals surface area contributed by atoms with E-state index in [4.69, 9.17) is 11.6 Å². The molecule has 0 radical (unpaired) electrons. The second-order valence-corrected chi connectivity index (χ2v) is 5.05. The molecule has 1 aromatic rings. The summed E-state index contributed by atoms with van der Waals surface area (Å²) in [6.07, 6.45) is 0.475. The Morgan fingerprint density at radius 1 is 1.17 bits per heavy atom. The van der Waals surface area contributed by atoms with E-state index in [2.05, 4.69) is 11.8 Å². The first-order valence-corrected chi connectivity index (χ1v) is 6.81. The molecule has 18 heavy (non-hydrogen) atoms. The predicted octanol–water partition coefficient (Wildman–Crippen LogP) is 2.05. The molecule has 1 amide bonds. The molecule has 0 spiro atoms. The van der Waals surface area contributed by atoms with Gasteiger partial charge >= 0.3 is 0 Å². The van der Waals surface area contributed by atoms with Crippen molar-refractivity contribution < 1.29 is 4.79 Å². The van der Waals surface area contributed by atoms with Crippen LogP contribution in [0.1, 0.15) is 12.5 Å². The Kier molecular flexibility index (Phi) is 4.61. The van der Waals surface area contributed by atoms with Gasteiger partial charge in [-0.25, -0.2) is 0 Å². The zero-order valence-electron chi connectivity index (χ0n) is 10.7. The third-order valence-electron chi connectivity index (χ3n) is 3.44. The van der Waals surface area contributed by atoms with E-state index in [-0.39, 0.29) is 5.91 Å². The lowest BCUT2D eigenvalue weighted by Gasteiger charge is -2.34. The number of amides is 1. The lowest BCUT2D eigenvalue weighted by molar-refractivity contribution is -0.132. The maximum Gasteiger partial charge on any atom is 0.227 e. The van der Waals surface area contributed by atoms with Crippen molar-refractivity contribution in [2.45, 2.75) is 13.3 Å². The van der Waals surface area contributed by atoms with Crippen molar-refractivity contribution in [3.05, 3.63) is 34.9 Å². The van der Waals surface area contributed by atoms with Crippen LogP contribution in [0, 0.1) is 0 Å². The second kappa shape index (κ2) is 6.21. The van der Waals surface area contributed by atoms with Gasteiger partial charge in [0.05, 0.1) is 6.42 Å². The molecule has 0 aromatic heterocycles. The molecule has 4 heteroatoms. The summed E-state index contributed by atoms with van der Waals surface area (Å²) in [5, 5.41) is 0.711. The van der Waals surface area contributed by atoms with E-state index in [1.807, 2.05) is 29.2 Å². The average Bonchev–Trinajstić information content (AvgIpc) is 2.41. The second-order valence-electron chi connectivity index (χ2n) is 4.62. The number of hydrogen-bond acceptors (Lipinski definition) is 2. The van der Waals surface area contributed by atoms with E-state index in [0.717, 1.165) is 38.3 Å². The Balaban J connectivity index is 1.87. The molecule has 0 saturated carbocycles. The summed E-state index contributed by atoms with van der Waals surface area (Å²) < 4.78 is 0. The third kappa shape index (κ3) is 3.47. The number of rotatable bonds is 3. The quantitative estimate of drug-likeness (QED) is 0.836. The molecule has 3 nitrogen and oxygen atoms in total. The Morgan fingerprint density at radius 3 is 2.33 bits per heavy atom. The lowest BCUT2D eigenvalue weighted by atomic mass is 10.1. The molecule has 1 aromatic carbocycles. The SMILES string of the molecule is CCN1CCN(C(=O)Cc2ccc(Cl)cc2)CC1. The van der Waals surface area contributed by atoms with Gasteiger partial charge in [0.2, 0.25) is 5.91 Å². The molecule has 0 aliphatic carbocycles. The monoisotopic (exact) mass is 266 g/mol. The highest BCUT2D eigenvalue weighted by Crippen LogP contribution is 2.11. The first-order chi connectivity index (χ1) is 8.69. The number of hydrogen-bond donors (Lipinski definition) is 0. The van der Waals surface area contributed by atoms with Crippen molar-refractivity contribution in [3.8, 4) is 0 Å². The highest BCUT2D eigenvalue weighted by molar-refractivity contribution is 6.30. The highest BCUT2D eigenvalue weighted by Gasteiger charge is 2.19. The molecular formula is C14H19ClN2O. The smallest absolute Gasteiger partial charge is 0.227 e. The molecule has 0 unspecified atom stereocenters. The van der Waals surface area contributed by atoms with Crippen LogP contribution in [0.15, 0.2) is 24.3 Å². The van der Waals surface area contributed by atoms with Gasteiger partial charge in [-0.05, 0) is 24.2 Å². The van der Waals surface area contributed by atoms with Gasteiger partial charge in [0.15, 0.2) is 0 Å². The van der Waals surface area contributed by atoms with Gasteiger partial charge in [0.1, 0.15) is 0 Å². The molecule has 1 heterocycles. The summed E-state index contributed by atoms with van der Waals surface area (Å²) in [5.41, 5.74) is 1.03. The largest absolute Gasteiger partial charge is 0.340 e. The number of nitrogens with zero attached hydrogens (tertiary/aromatic N) is 2. The van der Waals surface area contributed by atoms with Gasteiger partial charge in [0.25, 0.3) is 0 Å². The normalized spacial score (nSPS) is 16.9. The van der Waals surface area contributed by atoms with E-state index in [1.165, 1.54) is 0 Å². The summed E-state index contributed by atoms with van der Waals surface area (Å²) in [5.74, 6) is 0.216. The number of carbonyl (C=O) groups is 1. The maximum absolute atomic E-state index is 12.1. The van der Waals surface area contributed by atoms with Crippen LogP contribution in [-0.4, -0.2) is 48.4 Å². The number of carbonyl (C=O) groups excluding carboxylic acids is 1. The van der Waals surface area contributed by atoms with Crippen molar-refractivity contribution in [2.75, 3.05) is 32.7 Å². The molecule has 1 fully saturated rings. The summed E-state index contributed by atoms with van der Waals surface area (Å²) in [4.78, 5) is 16.4. The van der Waals surface area contributed by atoms with Gasteiger partial charge in [-0.3, -0.25) is 4.79 Å². The minimum Gasteiger partial charge on any atom is -0.340 e. The lowest BCUT2D eigenvalue weighted by Crippen LogP contribution is -2.48. The highest BCUT2D eigenvalue weighted by atomic mass is 35.5. The Bertz CT molecular complexity index is 397.